The van der Waals surface area contributed by atoms with Gasteiger partial charge in [0.2, 0.25) is 0 Å². The molecule has 0 aliphatic heterocycles. The number of hydrogen-bond acceptors (Lipinski definition) is 1. The Bertz CT molecular complexity index is 390. The van der Waals surface area contributed by atoms with Crippen LogP contribution in [0.4, 0.5) is 0 Å². The summed E-state index contributed by atoms with van der Waals surface area (Å²) in [4.78, 5) is 0. The van der Waals surface area contributed by atoms with E-state index in [4.69, 9.17) is 4.42 Å². The lowest BCUT2D eigenvalue weighted by Crippen LogP contribution is -1.58. The third kappa shape index (κ3) is 1.64. The zero-order valence-electron chi connectivity index (χ0n) is 7.36. The monoisotopic (exact) mass is 171 g/mol. The molecule has 2 aromatic rings. The average Bonchev–Trinajstić information content (AvgIpc) is 2.57. The van der Waals surface area contributed by atoms with Crippen molar-refractivity contribution in [2.75, 3.05) is 0 Å². The molecule has 1 heterocycles. The highest BCUT2D eigenvalue weighted by Gasteiger charge is 1.97. The topological polar surface area (TPSA) is 13.1 Å². The molecule has 0 unspecified atom stereocenters. The van der Waals surface area contributed by atoms with E-state index in [1.807, 2.05) is 42.5 Å². The predicted molar refractivity (Wildman–Crippen MR) is 55.2 cm³/mol. The quantitative estimate of drug-likeness (QED) is 0.671. The van der Waals surface area contributed by atoms with Gasteiger partial charge in [0, 0.05) is 5.39 Å². The number of allylic oxidation sites excluding steroid dienone is 1. The minimum atomic E-state index is 0.789. The number of hydrogen-bond donors (Lipinski definition) is 0. The summed E-state index contributed by atoms with van der Waals surface area (Å²) >= 11 is 0. The maximum Gasteiger partial charge on any atom is 0.134 e. The number of fused-ring (bicyclic) bond motifs is 1. The third-order valence-corrected chi connectivity index (χ3v) is 1.89. The number of furan rings is 1. The molecule has 1 aromatic carbocycles. The summed E-state index contributed by atoms with van der Waals surface area (Å²) in [6.45, 7) is 3.73. The van der Waals surface area contributed by atoms with Crippen molar-refractivity contribution in [3.63, 3.8) is 0 Å². The molecular formula is C12H11O. The van der Waals surface area contributed by atoms with E-state index in [1.54, 1.807) is 0 Å². The SMILES string of the molecule is [CH2]CC=Cc1cc2ccccc2o1. The lowest BCUT2D eigenvalue weighted by Gasteiger charge is -1.83. The van der Waals surface area contributed by atoms with Crippen molar-refractivity contribution in [1.82, 2.24) is 0 Å². The number of para-hydroxylation sites is 1. The van der Waals surface area contributed by atoms with Gasteiger partial charge in [0.05, 0.1) is 0 Å². The van der Waals surface area contributed by atoms with E-state index >= 15 is 0 Å². The molecule has 0 saturated carbocycles. The van der Waals surface area contributed by atoms with E-state index in [1.165, 1.54) is 0 Å². The van der Waals surface area contributed by atoms with Gasteiger partial charge in [0.1, 0.15) is 11.3 Å². The highest BCUT2D eigenvalue weighted by molar-refractivity contribution is 5.79. The van der Waals surface area contributed by atoms with E-state index in [0.29, 0.717) is 0 Å². The molecule has 13 heavy (non-hydrogen) atoms. The van der Waals surface area contributed by atoms with Gasteiger partial charge in [-0.05, 0) is 31.6 Å². The van der Waals surface area contributed by atoms with Gasteiger partial charge < -0.3 is 4.42 Å². The second kappa shape index (κ2) is 3.48. The molecule has 1 heteroatoms. The zero-order valence-corrected chi connectivity index (χ0v) is 7.36. The van der Waals surface area contributed by atoms with Crippen LogP contribution in [0.2, 0.25) is 0 Å². The first-order valence-corrected chi connectivity index (χ1v) is 4.34. The smallest absolute Gasteiger partial charge is 0.134 e. The Morgan fingerprint density at radius 2 is 2.15 bits per heavy atom. The van der Waals surface area contributed by atoms with Crippen molar-refractivity contribution in [1.29, 1.82) is 0 Å². The Morgan fingerprint density at radius 1 is 1.31 bits per heavy atom. The van der Waals surface area contributed by atoms with Crippen molar-refractivity contribution in [2.45, 2.75) is 6.42 Å². The molecule has 0 bridgehead atoms. The zero-order chi connectivity index (χ0) is 9.10. The van der Waals surface area contributed by atoms with Gasteiger partial charge in [0.25, 0.3) is 0 Å². The summed E-state index contributed by atoms with van der Waals surface area (Å²) in [6, 6.07) is 10.0. The summed E-state index contributed by atoms with van der Waals surface area (Å²) in [5.41, 5.74) is 0.936. The fourth-order valence-corrected chi connectivity index (χ4v) is 1.28. The first-order valence-electron chi connectivity index (χ1n) is 4.34. The van der Waals surface area contributed by atoms with E-state index in [0.717, 1.165) is 23.2 Å². The molecule has 0 atom stereocenters. The molecule has 1 aromatic heterocycles. The minimum Gasteiger partial charge on any atom is -0.457 e. The second-order valence-electron chi connectivity index (χ2n) is 2.88. The van der Waals surface area contributed by atoms with Gasteiger partial charge in [-0.3, -0.25) is 0 Å². The second-order valence-corrected chi connectivity index (χ2v) is 2.88. The Hall–Kier alpha value is -1.50. The van der Waals surface area contributed by atoms with Crippen LogP contribution in [0.1, 0.15) is 12.2 Å². The van der Waals surface area contributed by atoms with Crippen LogP contribution in [0, 0.1) is 6.92 Å². The molecule has 0 aliphatic carbocycles. The van der Waals surface area contributed by atoms with Crippen LogP contribution in [-0.2, 0) is 0 Å². The van der Waals surface area contributed by atoms with Crippen molar-refractivity contribution >= 4 is 17.0 Å². The van der Waals surface area contributed by atoms with Crippen LogP contribution in [0.3, 0.4) is 0 Å². The molecular weight excluding hydrogens is 160 g/mol. The van der Waals surface area contributed by atoms with Crippen LogP contribution in [0.25, 0.3) is 17.0 Å². The summed E-state index contributed by atoms with van der Waals surface area (Å²) in [5, 5.41) is 1.14. The molecule has 0 spiro atoms. The lowest BCUT2D eigenvalue weighted by atomic mass is 10.2. The Balaban J connectivity index is 2.44. The summed E-state index contributed by atoms with van der Waals surface area (Å²) < 4.78 is 5.56. The van der Waals surface area contributed by atoms with Gasteiger partial charge in [-0.25, -0.2) is 0 Å². The maximum absolute atomic E-state index is 5.56. The van der Waals surface area contributed by atoms with E-state index < -0.39 is 0 Å². The third-order valence-electron chi connectivity index (χ3n) is 1.89. The van der Waals surface area contributed by atoms with E-state index in [9.17, 15) is 0 Å². The van der Waals surface area contributed by atoms with Crippen LogP contribution in [0.15, 0.2) is 40.8 Å². The molecule has 0 fully saturated rings. The van der Waals surface area contributed by atoms with Crippen LogP contribution in [-0.4, -0.2) is 0 Å². The van der Waals surface area contributed by atoms with Crippen molar-refractivity contribution in [3.8, 4) is 0 Å². The molecule has 0 amide bonds. The van der Waals surface area contributed by atoms with Crippen molar-refractivity contribution in [2.24, 2.45) is 0 Å². The normalized spacial score (nSPS) is 11.5. The molecule has 0 saturated heterocycles. The van der Waals surface area contributed by atoms with Crippen LogP contribution < -0.4 is 0 Å². The Kier molecular flexibility index (Phi) is 2.17. The summed E-state index contributed by atoms with van der Waals surface area (Å²) in [6.07, 6.45) is 4.72. The van der Waals surface area contributed by atoms with Crippen LogP contribution >= 0.6 is 0 Å². The number of benzene rings is 1. The summed E-state index contributed by atoms with van der Waals surface area (Å²) in [7, 11) is 0. The standard InChI is InChI=1S/C12H11O/c1-2-3-7-11-9-10-6-4-5-8-12(10)13-11/h3-9H,1-2H2. The van der Waals surface area contributed by atoms with E-state index in [-0.39, 0.29) is 0 Å². The maximum atomic E-state index is 5.56. The van der Waals surface area contributed by atoms with Gasteiger partial charge in [-0.2, -0.15) is 0 Å². The lowest BCUT2D eigenvalue weighted by molar-refractivity contribution is 0.604. The fraction of sp³-hybridized carbons (Fsp3) is 0.0833. The first-order chi connectivity index (χ1) is 6.40. The summed E-state index contributed by atoms with van der Waals surface area (Å²) in [5.74, 6) is 0.893. The van der Waals surface area contributed by atoms with Crippen molar-refractivity contribution in [3.05, 3.63) is 49.1 Å². The van der Waals surface area contributed by atoms with E-state index in [2.05, 4.69) is 6.92 Å². The first kappa shape index (κ1) is 8.11. The van der Waals surface area contributed by atoms with Crippen LogP contribution in [0.5, 0.6) is 0 Å². The minimum absolute atomic E-state index is 0.789. The number of rotatable bonds is 2. The molecule has 2 rings (SSSR count). The Morgan fingerprint density at radius 3 is 2.92 bits per heavy atom. The van der Waals surface area contributed by atoms with Crippen molar-refractivity contribution < 1.29 is 4.42 Å². The molecule has 65 valence electrons. The largest absolute Gasteiger partial charge is 0.457 e. The predicted octanol–water partition coefficient (Wildman–Crippen LogP) is 3.67. The molecule has 0 N–H and O–H groups in total. The van der Waals surface area contributed by atoms with Gasteiger partial charge in [0.15, 0.2) is 0 Å². The highest BCUT2D eigenvalue weighted by Crippen LogP contribution is 2.19. The molecule has 1 nitrogen and oxygen atoms in total. The van der Waals surface area contributed by atoms with Gasteiger partial charge in [-0.1, -0.05) is 24.3 Å². The Labute approximate surface area is 77.7 Å². The highest BCUT2D eigenvalue weighted by atomic mass is 16.3. The molecule has 0 aliphatic rings. The van der Waals surface area contributed by atoms with Gasteiger partial charge in [-0.15, -0.1) is 0 Å². The van der Waals surface area contributed by atoms with Gasteiger partial charge >= 0.3 is 0 Å². The average molecular weight is 171 g/mol. The molecule has 1 radical (unpaired) electrons. The fourth-order valence-electron chi connectivity index (χ4n) is 1.28.